The van der Waals surface area contributed by atoms with Crippen LogP contribution in [0.15, 0.2) is 59.5 Å². The number of carbonyl (C=O) groups is 1. The molecule has 2 amide bonds. The highest BCUT2D eigenvalue weighted by atomic mass is 32.2. The second kappa shape index (κ2) is 8.46. The van der Waals surface area contributed by atoms with Crippen molar-refractivity contribution in [3.63, 3.8) is 0 Å². The molecule has 0 aliphatic carbocycles. The molecular weight excluding hydrogens is 296 g/mol. The van der Waals surface area contributed by atoms with Crippen molar-refractivity contribution in [3.8, 4) is 0 Å². The molecule has 2 aromatic rings. The number of nitrogens with one attached hydrogen (secondary N) is 2. The fraction of sp³-hybridized carbons (Fsp3) is 0.235. The lowest BCUT2D eigenvalue weighted by molar-refractivity contribution is 0.167. The number of amides is 2. The summed E-state index contributed by atoms with van der Waals surface area (Å²) >= 11 is 1.62. The molecule has 0 aliphatic heterocycles. The van der Waals surface area contributed by atoms with Gasteiger partial charge in [0.15, 0.2) is 0 Å². The van der Waals surface area contributed by atoms with E-state index in [2.05, 4.69) is 10.6 Å². The van der Waals surface area contributed by atoms with E-state index in [1.807, 2.05) is 60.9 Å². The molecule has 0 saturated heterocycles. The molecule has 116 valence electrons. The van der Waals surface area contributed by atoms with Gasteiger partial charge in [-0.2, -0.15) is 0 Å². The van der Waals surface area contributed by atoms with Gasteiger partial charge >= 0.3 is 6.03 Å². The molecule has 2 rings (SSSR count). The molecule has 22 heavy (non-hydrogen) atoms. The van der Waals surface area contributed by atoms with Gasteiger partial charge < -0.3 is 15.7 Å². The Hall–Kier alpha value is -1.98. The zero-order chi connectivity index (χ0) is 15.8. The first kappa shape index (κ1) is 16.4. The molecule has 0 aromatic heterocycles. The van der Waals surface area contributed by atoms with Gasteiger partial charge in [0, 0.05) is 17.1 Å². The predicted octanol–water partition coefficient (Wildman–Crippen LogP) is 3.65. The third kappa shape index (κ3) is 5.09. The van der Waals surface area contributed by atoms with Gasteiger partial charge in [-0.05, 0) is 36.4 Å². The molecule has 0 heterocycles. The van der Waals surface area contributed by atoms with E-state index in [0.29, 0.717) is 13.0 Å². The molecule has 0 fully saturated rings. The normalized spacial score (nSPS) is 11.7. The second-order valence-electron chi connectivity index (χ2n) is 4.83. The largest absolute Gasteiger partial charge is 0.388 e. The highest BCUT2D eigenvalue weighted by Crippen LogP contribution is 2.19. The Morgan fingerprint density at radius 2 is 1.95 bits per heavy atom. The van der Waals surface area contributed by atoms with Gasteiger partial charge in [0.2, 0.25) is 0 Å². The molecule has 5 heteroatoms. The van der Waals surface area contributed by atoms with Crippen LogP contribution in [0.25, 0.3) is 0 Å². The number of hydrogen-bond acceptors (Lipinski definition) is 3. The number of aliphatic hydroxyl groups is 1. The maximum absolute atomic E-state index is 11.8. The van der Waals surface area contributed by atoms with Gasteiger partial charge in [-0.3, -0.25) is 0 Å². The molecule has 2 aromatic carbocycles. The van der Waals surface area contributed by atoms with Crippen LogP contribution in [0.1, 0.15) is 18.1 Å². The van der Waals surface area contributed by atoms with Crippen LogP contribution in [0, 0.1) is 0 Å². The van der Waals surface area contributed by atoms with Gasteiger partial charge in [-0.1, -0.05) is 36.4 Å². The lowest BCUT2D eigenvalue weighted by Crippen LogP contribution is -2.30. The van der Waals surface area contributed by atoms with Crippen LogP contribution in [-0.4, -0.2) is 23.9 Å². The van der Waals surface area contributed by atoms with Crippen molar-refractivity contribution in [3.05, 3.63) is 60.2 Å². The van der Waals surface area contributed by atoms with Crippen molar-refractivity contribution in [2.45, 2.75) is 17.4 Å². The van der Waals surface area contributed by atoms with Crippen LogP contribution < -0.4 is 10.6 Å². The number of aliphatic hydroxyl groups excluding tert-OH is 1. The van der Waals surface area contributed by atoms with Gasteiger partial charge in [0.1, 0.15) is 0 Å². The van der Waals surface area contributed by atoms with Crippen LogP contribution in [0.3, 0.4) is 0 Å². The summed E-state index contributed by atoms with van der Waals surface area (Å²) in [5, 5.41) is 15.6. The van der Waals surface area contributed by atoms with E-state index >= 15 is 0 Å². The Morgan fingerprint density at radius 1 is 1.18 bits per heavy atom. The lowest BCUT2D eigenvalue weighted by atomic mass is 10.1. The van der Waals surface area contributed by atoms with Crippen molar-refractivity contribution in [2.75, 3.05) is 18.1 Å². The van der Waals surface area contributed by atoms with E-state index in [1.54, 1.807) is 11.8 Å². The Kier molecular flexibility index (Phi) is 6.30. The fourth-order valence-electron chi connectivity index (χ4n) is 2.04. The quantitative estimate of drug-likeness (QED) is 0.713. The summed E-state index contributed by atoms with van der Waals surface area (Å²) in [6, 6.07) is 16.8. The SMILES string of the molecule is CSc1cccc(NC(=O)NCCC(O)c2ccccc2)c1. The summed E-state index contributed by atoms with van der Waals surface area (Å²) in [6.45, 7) is 0.407. The molecule has 4 nitrogen and oxygen atoms in total. The summed E-state index contributed by atoms with van der Waals surface area (Å²) < 4.78 is 0. The number of anilines is 1. The van der Waals surface area contributed by atoms with E-state index in [4.69, 9.17) is 0 Å². The summed E-state index contributed by atoms with van der Waals surface area (Å²) in [6.07, 6.45) is 1.90. The Morgan fingerprint density at radius 3 is 2.68 bits per heavy atom. The third-order valence-electron chi connectivity index (χ3n) is 3.22. The summed E-state index contributed by atoms with van der Waals surface area (Å²) in [5.41, 5.74) is 1.62. The number of hydrogen-bond donors (Lipinski definition) is 3. The Bertz CT molecular complexity index is 605. The zero-order valence-corrected chi connectivity index (χ0v) is 13.3. The minimum absolute atomic E-state index is 0.265. The van der Waals surface area contributed by atoms with Gasteiger partial charge in [0.05, 0.1) is 6.10 Å². The van der Waals surface area contributed by atoms with Gasteiger partial charge in [-0.15, -0.1) is 11.8 Å². The molecule has 1 atom stereocenters. The summed E-state index contributed by atoms with van der Waals surface area (Å²) in [5.74, 6) is 0. The van der Waals surface area contributed by atoms with Crippen LogP contribution in [0.4, 0.5) is 10.5 Å². The average molecular weight is 316 g/mol. The van der Waals surface area contributed by atoms with E-state index in [9.17, 15) is 9.90 Å². The van der Waals surface area contributed by atoms with Crippen molar-refractivity contribution in [1.29, 1.82) is 0 Å². The van der Waals surface area contributed by atoms with E-state index in [1.165, 1.54) is 0 Å². The standard InChI is InChI=1S/C17H20N2O2S/c1-22-15-9-5-8-14(12-15)19-17(21)18-11-10-16(20)13-6-3-2-4-7-13/h2-9,12,16,20H,10-11H2,1H3,(H2,18,19,21). The fourth-order valence-corrected chi connectivity index (χ4v) is 2.50. The highest BCUT2D eigenvalue weighted by molar-refractivity contribution is 7.98. The minimum Gasteiger partial charge on any atom is -0.388 e. The molecule has 0 radical (unpaired) electrons. The van der Waals surface area contributed by atoms with Crippen molar-refractivity contribution in [1.82, 2.24) is 5.32 Å². The van der Waals surface area contributed by atoms with E-state index in [-0.39, 0.29) is 6.03 Å². The van der Waals surface area contributed by atoms with Crippen LogP contribution in [0.5, 0.6) is 0 Å². The van der Waals surface area contributed by atoms with Gasteiger partial charge in [-0.25, -0.2) is 4.79 Å². The monoisotopic (exact) mass is 316 g/mol. The van der Waals surface area contributed by atoms with Crippen LogP contribution >= 0.6 is 11.8 Å². The number of thioether (sulfide) groups is 1. The first-order valence-corrected chi connectivity index (χ1v) is 8.33. The highest BCUT2D eigenvalue weighted by Gasteiger charge is 2.08. The molecule has 0 bridgehead atoms. The van der Waals surface area contributed by atoms with Crippen molar-refractivity contribution < 1.29 is 9.90 Å². The predicted molar refractivity (Wildman–Crippen MR) is 91.3 cm³/mol. The number of benzene rings is 2. The van der Waals surface area contributed by atoms with Gasteiger partial charge in [0.25, 0.3) is 0 Å². The van der Waals surface area contributed by atoms with Crippen molar-refractivity contribution in [2.24, 2.45) is 0 Å². The number of carbonyl (C=O) groups excluding carboxylic acids is 1. The van der Waals surface area contributed by atoms with E-state index < -0.39 is 6.10 Å². The molecule has 0 aliphatic rings. The average Bonchev–Trinajstić information content (AvgIpc) is 2.55. The first-order chi connectivity index (χ1) is 10.7. The molecule has 3 N–H and O–H groups in total. The van der Waals surface area contributed by atoms with Crippen LogP contribution in [-0.2, 0) is 0 Å². The smallest absolute Gasteiger partial charge is 0.319 e. The first-order valence-electron chi connectivity index (χ1n) is 7.11. The Labute approximate surface area is 134 Å². The Balaban J connectivity index is 1.76. The second-order valence-corrected chi connectivity index (χ2v) is 5.71. The maximum atomic E-state index is 11.8. The number of rotatable bonds is 6. The zero-order valence-electron chi connectivity index (χ0n) is 12.5. The van der Waals surface area contributed by atoms with E-state index in [0.717, 1.165) is 16.1 Å². The van der Waals surface area contributed by atoms with Crippen LogP contribution in [0.2, 0.25) is 0 Å². The molecule has 1 unspecified atom stereocenters. The van der Waals surface area contributed by atoms with Crippen molar-refractivity contribution >= 4 is 23.5 Å². The summed E-state index contributed by atoms with van der Waals surface area (Å²) in [7, 11) is 0. The molecule has 0 spiro atoms. The third-order valence-corrected chi connectivity index (χ3v) is 3.94. The maximum Gasteiger partial charge on any atom is 0.319 e. The number of urea groups is 1. The minimum atomic E-state index is -0.568. The summed E-state index contributed by atoms with van der Waals surface area (Å²) in [4.78, 5) is 12.9. The molecule has 0 saturated carbocycles. The molecular formula is C17H20N2O2S. The lowest BCUT2D eigenvalue weighted by Gasteiger charge is -2.12. The topological polar surface area (TPSA) is 61.4 Å².